The van der Waals surface area contributed by atoms with Crippen molar-refractivity contribution in [3.05, 3.63) is 29.8 Å². The Morgan fingerprint density at radius 3 is 2.35 bits per heavy atom. The normalized spacial score (nSPS) is 11.6. The quantitative estimate of drug-likeness (QED) is 0.395. The molecule has 0 heterocycles. The van der Waals surface area contributed by atoms with E-state index in [0.29, 0.717) is 6.54 Å². The van der Waals surface area contributed by atoms with E-state index in [1.165, 1.54) is 5.56 Å². The minimum absolute atomic E-state index is 0.662. The second kappa shape index (κ2) is 11.8. The molecule has 5 nitrogen and oxygen atoms in total. The van der Waals surface area contributed by atoms with Gasteiger partial charge < -0.3 is 20.3 Å². The minimum atomic E-state index is 0.662. The molecule has 0 bridgehead atoms. The van der Waals surface area contributed by atoms with Crippen LogP contribution in [0.5, 0.6) is 5.75 Å². The summed E-state index contributed by atoms with van der Waals surface area (Å²) in [7, 11) is 1.68. The van der Waals surface area contributed by atoms with Gasteiger partial charge >= 0.3 is 0 Å². The first kappa shape index (κ1) is 19.3. The van der Waals surface area contributed by atoms with Gasteiger partial charge in [-0.05, 0) is 50.7 Å². The second-order valence-corrected chi connectivity index (χ2v) is 5.35. The number of benzene rings is 1. The summed E-state index contributed by atoms with van der Waals surface area (Å²) in [4.78, 5) is 7.07. The van der Waals surface area contributed by atoms with Gasteiger partial charge in [-0.2, -0.15) is 0 Å². The van der Waals surface area contributed by atoms with Crippen LogP contribution in [0.25, 0.3) is 0 Å². The number of aliphatic imine (C=N–C) groups is 1. The summed E-state index contributed by atoms with van der Waals surface area (Å²) in [6.45, 7) is 12.3. The minimum Gasteiger partial charge on any atom is -0.497 e. The van der Waals surface area contributed by atoms with Crippen molar-refractivity contribution in [3.8, 4) is 5.75 Å². The van der Waals surface area contributed by atoms with Gasteiger partial charge in [0.1, 0.15) is 5.75 Å². The van der Waals surface area contributed by atoms with Crippen molar-refractivity contribution >= 4 is 5.96 Å². The number of guanidine groups is 1. The molecule has 0 aromatic heterocycles. The zero-order chi connectivity index (χ0) is 16.9. The molecule has 0 saturated heterocycles. The molecule has 0 atom stereocenters. The average Bonchev–Trinajstić information content (AvgIpc) is 2.60. The maximum Gasteiger partial charge on any atom is 0.191 e. The molecule has 1 rings (SSSR count). The topological polar surface area (TPSA) is 48.9 Å². The lowest BCUT2D eigenvalue weighted by atomic mass is 10.2. The van der Waals surface area contributed by atoms with Crippen LogP contribution in [0.15, 0.2) is 29.3 Å². The lowest BCUT2D eigenvalue weighted by molar-refractivity contribution is 0.300. The van der Waals surface area contributed by atoms with Crippen LogP contribution >= 0.6 is 0 Å². The molecule has 0 amide bonds. The molecule has 0 unspecified atom stereocenters. The van der Waals surface area contributed by atoms with Crippen LogP contribution in [-0.2, 0) is 6.54 Å². The third-order valence-corrected chi connectivity index (χ3v) is 3.76. The summed E-state index contributed by atoms with van der Waals surface area (Å²) in [5.74, 6) is 1.75. The number of nitrogens with one attached hydrogen (secondary N) is 2. The van der Waals surface area contributed by atoms with E-state index in [-0.39, 0.29) is 0 Å². The lowest BCUT2D eigenvalue weighted by Crippen LogP contribution is -2.38. The first-order chi connectivity index (χ1) is 11.2. The van der Waals surface area contributed by atoms with Crippen LogP contribution in [0, 0.1) is 0 Å². The highest BCUT2D eigenvalue weighted by molar-refractivity contribution is 5.79. The van der Waals surface area contributed by atoms with Crippen LogP contribution in [0.2, 0.25) is 0 Å². The molecular formula is C18H32N4O. The highest BCUT2D eigenvalue weighted by atomic mass is 16.5. The van der Waals surface area contributed by atoms with Crippen molar-refractivity contribution in [2.24, 2.45) is 4.99 Å². The molecule has 1 aromatic rings. The Labute approximate surface area is 141 Å². The van der Waals surface area contributed by atoms with Crippen molar-refractivity contribution in [1.29, 1.82) is 0 Å². The van der Waals surface area contributed by atoms with Crippen molar-refractivity contribution in [2.45, 2.75) is 33.7 Å². The Morgan fingerprint density at radius 1 is 1.09 bits per heavy atom. The Bertz CT molecular complexity index is 441. The summed E-state index contributed by atoms with van der Waals surface area (Å²) in [5.41, 5.74) is 1.17. The van der Waals surface area contributed by atoms with Crippen molar-refractivity contribution in [3.63, 3.8) is 0 Å². The zero-order valence-electron chi connectivity index (χ0n) is 15.1. The maximum atomic E-state index is 5.17. The summed E-state index contributed by atoms with van der Waals surface area (Å²) in [6, 6.07) is 8.03. The number of hydrogen-bond acceptors (Lipinski definition) is 3. The Kier molecular flexibility index (Phi) is 9.87. The standard InChI is InChI=1S/C18H32N4O/c1-5-19-18(20-13-8-14-22(6-2)7-3)21-15-16-9-11-17(23-4)12-10-16/h9-12H,5-8,13-15H2,1-4H3,(H2,19,20,21). The fourth-order valence-corrected chi connectivity index (χ4v) is 2.29. The molecule has 1 aromatic carbocycles. The maximum absolute atomic E-state index is 5.17. The highest BCUT2D eigenvalue weighted by Gasteiger charge is 2.00. The molecule has 0 aliphatic rings. The summed E-state index contributed by atoms with van der Waals surface area (Å²) in [6.07, 6.45) is 1.12. The molecule has 130 valence electrons. The van der Waals surface area contributed by atoms with Crippen LogP contribution in [0.3, 0.4) is 0 Å². The van der Waals surface area contributed by atoms with Gasteiger partial charge in [0, 0.05) is 13.1 Å². The zero-order valence-corrected chi connectivity index (χ0v) is 15.1. The van der Waals surface area contributed by atoms with E-state index < -0.39 is 0 Å². The summed E-state index contributed by atoms with van der Waals surface area (Å²) < 4.78 is 5.17. The number of nitrogens with zero attached hydrogens (tertiary/aromatic N) is 2. The molecule has 0 aliphatic heterocycles. The van der Waals surface area contributed by atoms with Gasteiger partial charge in [-0.1, -0.05) is 26.0 Å². The van der Waals surface area contributed by atoms with E-state index in [4.69, 9.17) is 4.74 Å². The van der Waals surface area contributed by atoms with Crippen molar-refractivity contribution in [2.75, 3.05) is 39.8 Å². The fourth-order valence-electron chi connectivity index (χ4n) is 2.29. The molecule has 2 N–H and O–H groups in total. The SMILES string of the molecule is CCNC(=NCc1ccc(OC)cc1)NCCCN(CC)CC. The first-order valence-electron chi connectivity index (χ1n) is 8.60. The van der Waals surface area contributed by atoms with Gasteiger partial charge in [-0.15, -0.1) is 0 Å². The van der Waals surface area contributed by atoms with E-state index >= 15 is 0 Å². The van der Waals surface area contributed by atoms with E-state index in [9.17, 15) is 0 Å². The van der Waals surface area contributed by atoms with Crippen LogP contribution in [0.1, 0.15) is 32.8 Å². The number of ether oxygens (including phenoxy) is 1. The molecular weight excluding hydrogens is 288 g/mol. The summed E-state index contributed by atoms with van der Waals surface area (Å²) >= 11 is 0. The lowest BCUT2D eigenvalue weighted by Gasteiger charge is -2.18. The van der Waals surface area contributed by atoms with Gasteiger partial charge in [0.15, 0.2) is 5.96 Å². The van der Waals surface area contributed by atoms with E-state index in [1.807, 2.05) is 24.3 Å². The molecule has 0 aliphatic carbocycles. The Hall–Kier alpha value is -1.75. The monoisotopic (exact) mass is 320 g/mol. The largest absolute Gasteiger partial charge is 0.497 e. The van der Waals surface area contributed by atoms with Gasteiger partial charge in [0.25, 0.3) is 0 Å². The molecule has 5 heteroatoms. The second-order valence-electron chi connectivity index (χ2n) is 5.35. The van der Waals surface area contributed by atoms with Crippen LogP contribution < -0.4 is 15.4 Å². The Balaban J connectivity index is 2.42. The number of methoxy groups -OCH3 is 1. The molecule has 0 spiro atoms. The number of rotatable bonds is 10. The van der Waals surface area contributed by atoms with Gasteiger partial charge in [0.2, 0.25) is 0 Å². The first-order valence-corrected chi connectivity index (χ1v) is 8.60. The summed E-state index contributed by atoms with van der Waals surface area (Å²) in [5, 5.41) is 6.70. The van der Waals surface area contributed by atoms with Crippen LogP contribution in [0.4, 0.5) is 0 Å². The third kappa shape index (κ3) is 7.88. The predicted molar refractivity (Wildman–Crippen MR) is 98.2 cm³/mol. The molecule has 0 saturated carbocycles. The van der Waals surface area contributed by atoms with Crippen LogP contribution in [-0.4, -0.2) is 50.7 Å². The fraction of sp³-hybridized carbons (Fsp3) is 0.611. The van der Waals surface area contributed by atoms with Gasteiger partial charge in [-0.3, -0.25) is 0 Å². The number of hydrogen-bond donors (Lipinski definition) is 2. The third-order valence-electron chi connectivity index (χ3n) is 3.76. The van der Waals surface area contributed by atoms with Crippen molar-refractivity contribution in [1.82, 2.24) is 15.5 Å². The average molecular weight is 320 g/mol. The predicted octanol–water partition coefficient (Wildman–Crippen LogP) is 2.48. The smallest absolute Gasteiger partial charge is 0.191 e. The highest BCUT2D eigenvalue weighted by Crippen LogP contribution is 2.11. The van der Waals surface area contributed by atoms with Gasteiger partial charge in [0.05, 0.1) is 13.7 Å². The van der Waals surface area contributed by atoms with E-state index in [0.717, 1.165) is 50.9 Å². The van der Waals surface area contributed by atoms with Gasteiger partial charge in [-0.25, -0.2) is 4.99 Å². The van der Waals surface area contributed by atoms with E-state index in [1.54, 1.807) is 7.11 Å². The van der Waals surface area contributed by atoms with Crippen molar-refractivity contribution < 1.29 is 4.74 Å². The Morgan fingerprint density at radius 2 is 1.78 bits per heavy atom. The molecule has 0 radical (unpaired) electrons. The van der Waals surface area contributed by atoms with E-state index in [2.05, 4.69) is 41.3 Å². The molecule has 23 heavy (non-hydrogen) atoms. The molecule has 0 fully saturated rings.